The minimum atomic E-state index is -0.784. The quantitative estimate of drug-likeness (QED) is 0.375. The highest BCUT2D eigenvalue weighted by molar-refractivity contribution is 6.28. The van der Waals surface area contributed by atoms with Gasteiger partial charge in [-0.2, -0.15) is 9.97 Å². The van der Waals surface area contributed by atoms with Gasteiger partial charge in [-0.1, -0.05) is 60.2 Å². The SMILES string of the molecule is Cc1ccc(C2(c3ccccc3)CN(c3nc(Cl)nc4c3ncn4[C@@H]3O[C@H](CO)C4OC(C)(C)OC43)C2)cc1. The Morgan fingerprint density at radius 2 is 1.67 bits per heavy atom. The first-order valence-electron chi connectivity index (χ1n) is 13.2. The van der Waals surface area contributed by atoms with Crippen LogP contribution in [0.15, 0.2) is 60.9 Å². The highest BCUT2D eigenvalue weighted by atomic mass is 35.5. The second kappa shape index (κ2) is 8.97. The molecule has 0 bridgehead atoms. The Morgan fingerprint density at radius 3 is 2.38 bits per heavy atom. The van der Waals surface area contributed by atoms with E-state index in [-0.39, 0.29) is 17.3 Å². The van der Waals surface area contributed by atoms with Crippen molar-refractivity contribution in [1.82, 2.24) is 19.5 Å². The summed E-state index contributed by atoms with van der Waals surface area (Å²) in [6.45, 7) is 7.08. The molecule has 7 rings (SSSR count). The molecule has 2 unspecified atom stereocenters. The fourth-order valence-electron chi connectivity index (χ4n) is 6.23. The molecule has 2 aromatic carbocycles. The van der Waals surface area contributed by atoms with Gasteiger partial charge in [0.25, 0.3) is 0 Å². The van der Waals surface area contributed by atoms with E-state index in [0.29, 0.717) is 17.0 Å². The number of rotatable bonds is 5. The molecule has 3 saturated heterocycles. The Balaban J connectivity index is 1.25. The van der Waals surface area contributed by atoms with Crippen molar-refractivity contribution in [3.05, 3.63) is 82.9 Å². The van der Waals surface area contributed by atoms with Crippen molar-refractivity contribution < 1.29 is 19.3 Å². The fraction of sp³-hybridized carbons (Fsp3) is 0.414. The molecule has 10 heteroatoms. The van der Waals surface area contributed by atoms with Crippen molar-refractivity contribution in [2.75, 3.05) is 24.6 Å². The lowest BCUT2D eigenvalue weighted by Crippen LogP contribution is -2.60. The summed E-state index contributed by atoms with van der Waals surface area (Å²) >= 11 is 6.49. The number of aryl methyl sites for hydroxylation is 1. The molecule has 0 amide bonds. The summed E-state index contributed by atoms with van der Waals surface area (Å²) < 4.78 is 20.2. The second-order valence-corrected chi connectivity index (χ2v) is 11.5. The lowest BCUT2D eigenvalue weighted by molar-refractivity contribution is -0.199. The van der Waals surface area contributed by atoms with Gasteiger partial charge in [0, 0.05) is 13.1 Å². The summed E-state index contributed by atoms with van der Waals surface area (Å²) in [6.07, 6.45) is -0.249. The Labute approximate surface area is 231 Å². The van der Waals surface area contributed by atoms with Crippen molar-refractivity contribution in [1.29, 1.82) is 0 Å². The molecule has 0 spiro atoms. The number of aliphatic hydroxyl groups excluding tert-OH is 1. The summed E-state index contributed by atoms with van der Waals surface area (Å²) in [6, 6.07) is 19.3. The summed E-state index contributed by atoms with van der Waals surface area (Å²) in [5, 5.41) is 10.1. The van der Waals surface area contributed by atoms with Crippen molar-refractivity contribution in [3.8, 4) is 0 Å². The van der Waals surface area contributed by atoms with Crippen molar-refractivity contribution >= 4 is 28.6 Å². The molecule has 1 N–H and O–H groups in total. The number of hydrogen-bond acceptors (Lipinski definition) is 8. The van der Waals surface area contributed by atoms with Crippen LogP contribution in [0.1, 0.15) is 36.8 Å². The Kier molecular flexibility index (Phi) is 5.73. The number of nitrogens with zero attached hydrogens (tertiary/aromatic N) is 5. The number of ether oxygens (including phenoxy) is 3. The van der Waals surface area contributed by atoms with Gasteiger partial charge in [-0.25, -0.2) is 4.98 Å². The third kappa shape index (κ3) is 3.95. The maximum absolute atomic E-state index is 9.93. The van der Waals surface area contributed by atoms with E-state index < -0.39 is 30.3 Å². The van der Waals surface area contributed by atoms with Crippen LogP contribution in [0, 0.1) is 6.92 Å². The highest BCUT2D eigenvalue weighted by Gasteiger charge is 2.56. The van der Waals surface area contributed by atoms with Gasteiger partial charge >= 0.3 is 0 Å². The van der Waals surface area contributed by atoms with Gasteiger partial charge in [-0.3, -0.25) is 4.57 Å². The minimum Gasteiger partial charge on any atom is -0.394 e. The number of imidazole rings is 1. The van der Waals surface area contributed by atoms with Crippen molar-refractivity contribution in [2.45, 2.75) is 56.5 Å². The third-order valence-electron chi connectivity index (χ3n) is 8.11. The number of aromatic nitrogens is 4. The third-order valence-corrected chi connectivity index (χ3v) is 8.28. The van der Waals surface area contributed by atoms with Crippen molar-refractivity contribution in [2.24, 2.45) is 0 Å². The molecule has 2 aromatic heterocycles. The molecule has 3 fully saturated rings. The van der Waals surface area contributed by atoms with Gasteiger partial charge in [0.15, 0.2) is 29.0 Å². The first kappa shape index (κ1) is 24.9. The van der Waals surface area contributed by atoms with Crippen LogP contribution in [0.5, 0.6) is 0 Å². The number of benzene rings is 2. The molecule has 5 heterocycles. The monoisotopic (exact) mass is 547 g/mol. The van der Waals surface area contributed by atoms with E-state index in [0.717, 1.165) is 13.1 Å². The Hall–Kier alpha value is -3.08. The van der Waals surface area contributed by atoms with Crippen molar-refractivity contribution in [3.63, 3.8) is 0 Å². The zero-order valence-electron chi connectivity index (χ0n) is 22.0. The van der Waals surface area contributed by atoms with Gasteiger partial charge < -0.3 is 24.2 Å². The molecule has 3 aliphatic heterocycles. The highest BCUT2D eigenvalue weighted by Crippen LogP contribution is 2.46. The van der Waals surface area contributed by atoms with Gasteiger partial charge in [-0.15, -0.1) is 0 Å². The van der Waals surface area contributed by atoms with E-state index >= 15 is 0 Å². The van der Waals surface area contributed by atoms with Gasteiger partial charge in [0.2, 0.25) is 5.28 Å². The van der Waals surface area contributed by atoms with E-state index in [1.807, 2.05) is 24.5 Å². The summed E-state index contributed by atoms with van der Waals surface area (Å²) in [4.78, 5) is 16.1. The molecule has 4 aromatic rings. The normalized spacial score (nSPS) is 27.1. The molecular formula is C29H30ClN5O4. The van der Waals surface area contributed by atoms with Crippen LogP contribution in [0.4, 0.5) is 5.82 Å². The molecule has 3 aliphatic rings. The first-order chi connectivity index (χ1) is 18.8. The van der Waals surface area contributed by atoms with Crippen LogP contribution in [-0.2, 0) is 19.6 Å². The average Bonchev–Trinajstić information content (AvgIpc) is 3.55. The maximum atomic E-state index is 9.93. The largest absolute Gasteiger partial charge is 0.394 e. The zero-order valence-corrected chi connectivity index (χ0v) is 22.7. The molecule has 39 heavy (non-hydrogen) atoms. The first-order valence-corrected chi connectivity index (χ1v) is 13.6. The van der Waals surface area contributed by atoms with Crippen LogP contribution in [-0.4, -0.2) is 68.4 Å². The number of fused-ring (bicyclic) bond motifs is 2. The number of hydrogen-bond donors (Lipinski definition) is 1. The Morgan fingerprint density at radius 1 is 0.974 bits per heavy atom. The molecule has 0 aliphatic carbocycles. The summed E-state index contributed by atoms with van der Waals surface area (Å²) in [5.74, 6) is -0.104. The average molecular weight is 548 g/mol. The van der Waals surface area contributed by atoms with E-state index in [9.17, 15) is 5.11 Å². The van der Waals surface area contributed by atoms with Crippen LogP contribution < -0.4 is 4.90 Å². The molecule has 4 atom stereocenters. The predicted molar refractivity (Wildman–Crippen MR) is 146 cm³/mol. The molecule has 9 nitrogen and oxygen atoms in total. The van der Waals surface area contributed by atoms with Crippen LogP contribution in [0.2, 0.25) is 5.28 Å². The van der Waals surface area contributed by atoms with Crippen LogP contribution >= 0.6 is 11.6 Å². The van der Waals surface area contributed by atoms with Crippen LogP contribution in [0.25, 0.3) is 11.2 Å². The van der Waals surface area contributed by atoms with Gasteiger partial charge in [0.1, 0.15) is 18.3 Å². The van der Waals surface area contributed by atoms with E-state index in [2.05, 4.69) is 70.3 Å². The van der Waals surface area contributed by atoms with E-state index in [1.54, 1.807) is 6.33 Å². The zero-order chi connectivity index (χ0) is 26.9. The van der Waals surface area contributed by atoms with Gasteiger partial charge in [-0.05, 0) is 43.5 Å². The molecule has 202 valence electrons. The lowest BCUT2D eigenvalue weighted by Gasteiger charge is -2.51. The minimum absolute atomic E-state index is 0.129. The molecule has 0 saturated carbocycles. The van der Waals surface area contributed by atoms with Gasteiger partial charge in [0.05, 0.1) is 18.3 Å². The fourth-order valence-corrected chi connectivity index (χ4v) is 6.39. The summed E-state index contributed by atoms with van der Waals surface area (Å²) in [5.41, 5.74) is 4.75. The van der Waals surface area contributed by atoms with Crippen LogP contribution in [0.3, 0.4) is 0 Å². The second-order valence-electron chi connectivity index (χ2n) is 11.1. The topological polar surface area (TPSA) is 94.8 Å². The number of halogens is 1. The predicted octanol–water partition coefficient (Wildman–Crippen LogP) is 4.00. The summed E-state index contributed by atoms with van der Waals surface area (Å²) in [7, 11) is 0. The standard InChI is InChI=1S/C29H30ClN5O4/c1-17-9-11-19(12-10-17)29(18-7-5-4-6-8-18)14-34(15-29)24-21-25(33-27(30)32-24)35(16-31-21)26-23-22(20(13-36)37-26)38-28(2,3)39-23/h4-12,16,20,22-23,26,36H,13-15H2,1-3H3/t20-,22?,23?,26-/m1/s1. The van der Waals surface area contributed by atoms with E-state index in [4.69, 9.17) is 30.8 Å². The maximum Gasteiger partial charge on any atom is 0.226 e. The Bertz CT molecular complexity index is 1520. The van der Waals surface area contributed by atoms with E-state index in [1.165, 1.54) is 16.7 Å². The number of anilines is 1. The lowest BCUT2D eigenvalue weighted by atomic mass is 9.68. The molecular weight excluding hydrogens is 518 g/mol. The number of aliphatic hydroxyl groups is 1. The molecule has 0 radical (unpaired) electrons. The smallest absolute Gasteiger partial charge is 0.226 e.